The van der Waals surface area contributed by atoms with Crippen molar-refractivity contribution in [1.29, 1.82) is 0 Å². The Morgan fingerprint density at radius 1 is 1.00 bits per heavy atom. The zero-order valence-corrected chi connectivity index (χ0v) is 16.8. The van der Waals surface area contributed by atoms with E-state index in [-0.39, 0.29) is 5.82 Å². The van der Waals surface area contributed by atoms with Crippen LogP contribution < -0.4 is 5.32 Å². The van der Waals surface area contributed by atoms with Gasteiger partial charge in [0, 0.05) is 41.9 Å². The number of rotatable bonds is 4. The maximum Gasteiger partial charge on any atom is 0.173 e. The van der Waals surface area contributed by atoms with Crippen LogP contribution >= 0.6 is 12.2 Å². The Hall–Kier alpha value is -2.92. The van der Waals surface area contributed by atoms with E-state index in [1.54, 1.807) is 18.2 Å². The summed E-state index contributed by atoms with van der Waals surface area (Å²) in [6.45, 7) is 3.74. The highest BCUT2D eigenvalue weighted by atomic mass is 32.1. The number of anilines is 1. The van der Waals surface area contributed by atoms with Crippen LogP contribution in [0.3, 0.4) is 0 Å². The highest BCUT2D eigenvalue weighted by molar-refractivity contribution is 7.80. The van der Waals surface area contributed by atoms with Gasteiger partial charge in [-0.1, -0.05) is 36.4 Å². The second-order valence-corrected chi connectivity index (χ2v) is 7.27. The van der Waals surface area contributed by atoms with Gasteiger partial charge in [-0.25, -0.2) is 4.39 Å². The molecular formula is C23H22FN3S. The topological polar surface area (TPSA) is 20.2 Å². The van der Waals surface area contributed by atoms with Gasteiger partial charge in [0.15, 0.2) is 5.11 Å². The molecule has 0 saturated carbocycles. The Kier molecular flexibility index (Phi) is 5.01. The molecule has 4 rings (SSSR count). The molecule has 0 radical (unpaired) electrons. The number of benzene rings is 3. The Morgan fingerprint density at radius 2 is 1.71 bits per heavy atom. The molecule has 1 heterocycles. The number of hydrogen-bond acceptors (Lipinski definition) is 1. The first-order valence-corrected chi connectivity index (χ1v) is 9.76. The number of halogens is 1. The van der Waals surface area contributed by atoms with Crippen LogP contribution in [0.4, 0.5) is 10.1 Å². The Labute approximate surface area is 169 Å². The molecule has 0 unspecified atom stereocenters. The van der Waals surface area contributed by atoms with Crippen molar-refractivity contribution in [2.75, 3.05) is 12.4 Å². The molecule has 28 heavy (non-hydrogen) atoms. The van der Waals surface area contributed by atoms with Gasteiger partial charge in [0.25, 0.3) is 0 Å². The lowest BCUT2D eigenvalue weighted by Gasteiger charge is -2.21. The van der Waals surface area contributed by atoms with E-state index in [0.717, 1.165) is 12.1 Å². The zero-order chi connectivity index (χ0) is 19.7. The van der Waals surface area contributed by atoms with E-state index in [2.05, 4.69) is 59.3 Å². The molecule has 0 bridgehead atoms. The summed E-state index contributed by atoms with van der Waals surface area (Å²) in [5.74, 6) is -0.313. The summed E-state index contributed by atoms with van der Waals surface area (Å²) in [5.41, 5.74) is 4.04. The number of aromatic nitrogens is 1. The first-order valence-electron chi connectivity index (χ1n) is 9.35. The molecule has 0 aliphatic carbocycles. The van der Waals surface area contributed by atoms with E-state index in [0.29, 0.717) is 17.3 Å². The van der Waals surface area contributed by atoms with Crippen molar-refractivity contribution in [3.63, 3.8) is 0 Å². The number of fused-ring (bicyclic) bond motifs is 3. The van der Waals surface area contributed by atoms with E-state index < -0.39 is 0 Å². The molecule has 0 saturated heterocycles. The lowest BCUT2D eigenvalue weighted by atomic mass is 10.1. The van der Waals surface area contributed by atoms with Gasteiger partial charge < -0.3 is 14.8 Å². The summed E-state index contributed by atoms with van der Waals surface area (Å²) in [6.07, 6.45) is 0. The summed E-state index contributed by atoms with van der Waals surface area (Å²) in [7, 11) is 1.91. The SMILES string of the molecule is CCn1c2ccccc2c2cc(CN(C)C(=S)Nc3ccccc3F)ccc21. The number of thiocarbonyl (C=S) groups is 1. The van der Waals surface area contributed by atoms with Gasteiger partial charge in [-0.3, -0.25) is 0 Å². The number of aryl methyl sites for hydroxylation is 1. The van der Waals surface area contributed by atoms with Crippen molar-refractivity contribution in [3.8, 4) is 0 Å². The molecule has 1 aromatic heterocycles. The third kappa shape index (κ3) is 3.34. The lowest BCUT2D eigenvalue weighted by molar-refractivity contribution is 0.508. The van der Waals surface area contributed by atoms with E-state index in [1.165, 1.54) is 27.9 Å². The molecule has 0 fully saturated rings. The minimum absolute atomic E-state index is 0.313. The van der Waals surface area contributed by atoms with Gasteiger partial charge in [-0.2, -0.15) is 0 Å². The molecule has 5 heteroatoms. The summed E-state index contributed by atoms with van der Waals surface area (Å²) in [6, 6.07) is 21.6. The van der Waals surface area contributed by atoms with Gasteiger partial charge in [0.05, 0.1) is 5.69 Å². The first kappa shape index (κ1) is 18.4. The molecule has 3 nitrogen and oxygen atoms in total. The highest BCUT2D eigenvalue weighted by Crippen LogP contribution is 2.30. The molecule has 0 aliphatic rings. The number of nitrogens with one attached hydrogen (secondary N) is 1. The number of hydrogen-bond donors (Lipinski definition) is 1. The molecule has 1 N–H and O–H groups in total. The first-order chi connectivity index (χ1) is 13.6. The monoisotopic (exact) mass is 391 g/mol. The average molecular weight is 392 g/mol. The fourth-order valence-corrected chi connectivity index (χ4v) is 3.83. The molecular weight excluding hydrogens is 369 g/mol. The maximum atomic E-state index is 13.9. The maximum absolute atomic E-state index is 13.9. The van der Waals surface area contributed by atoms with Crippen molar-refractivity contribution in [3.05, 3.63) is 78.1 Å². The molecule has 3 aromatic carbocycles. The predicted octanol–water partition coefficient (Wildman–Crippen LogP) is 5.78. The van der Waals surface area contributed by atoms with E-state index in [9.17, 15) is 4.39 Å². The third-order valence-electron chi connectivity index (χ3n) is 5.03. The van der Waals surface area contributed by atoms with E-state index >= 15 is 0 Å². The summed E-state index contributed by atoms with van der Waals surface area (Å²) >= 11 is 5.46. The molecule has 4 aromatic rings. The summed E-state index contributed by atoms with van der Waals surface area (Å²) < 4.78 is 16.2. The summed E-state index contributed by atoms with van der Waals surface area (Å²) in [5, 5.41) is 5.98. The standard InChI is InChI=1S/C23H22FN3S/c1-3-27-21-11-7-4-8-17(21)18-14-16(12-13-22(18)27)15-26(2)23(28)25-20-10-6-5-9-19(20)24/h4-14H,3,15H2,1-2H3,(H,25,28). The van der Waals surface area contributed by atoms with Crippen LogP contribution in [0, 0.1) is 5.82 Å². The minimum Gasteiger partial charge on any atom is -0.348 e. The van der Waals surface area contributed by atoms with Gasteiger partial charge in [-0.15, -0.1) is 0 Å². The lowest BCUT2D eigenvalue weighted by Crippen LogP contribution is -2.30. The fraction of sp³-hybridized carbons (Fsp3) is 0.174. The van der Waals surface area contributed by atoms with Crippen LogP contribution in [0.25, 0.3) is 21.8 Å². The quantitative estimate of drug-likeness (QED) is 0.445. The van der Waals surface area contributed by atoms with Gasteiger partial charge in [0.2, 0.25) is 0 Å². The molecule has 0 aliphatic heterocycles. The van der Waals surface area contributed by atoms with Crippen molar-refractivity contribution in [2.45, 2.75) is 20.0 Å². The highest BCUT2D eigenvalue weighted by Gasteiger charge is 2.12. The van der Waals surface area contributed by atoms with Gasteiger partial charge >= 0.3 is 0 Å². The zero-order valence-electron chi connectivity index (χ0n) is 15.9. The largest absolute Gasteiger partial charge is 0.348 e. The Balaban J connectivity index is 1.60. The second-order valence-electron chi connectivity index (χ2n) is 6.88. The van der Waals surface area contributed by atoms with E-state index in [1.807, 2.05) is 11.9 Å². The summed E-state index contributed by atoms with van der Waals surface area (Å²) in [4.78, 5) is 1.92. The third-order valence-corrected chi connectivity index (χ3v) is 5.45. The minimum atomic E-state index is -0.313. The molecule has 0 amide bonds. The average Bonchev–Trinajstić information content (AvgIpc) is 3.02. The van der Waals surface area contributed by atoms with Crippen LogP contribution in [0.15, 0.2) is 66.7 Å². The molecule has 142 valence electrons. The second kappa shape index (κ2) is 7.60. The molecule has 0 spiro atoms. The van der Waals surface area contributed by atoms with Crippen molar-refractivity contribution < 1.29 is 4.39 Å². The van der Waals surface area contributed by atoms with Gasteiger partial charge in [0.1, 0.15) is 5.82 Å². The number of nitrogens with zero attached hydrogens (tertiary/aromatic N) is 2. The van der Waals surface area contributed by atoms with Crippen LogP contribution in [-0.2, 0) is 13.1 Å². The van der Waals surface area contributed by atoms with Crippen LogP contribution in [-0.4, -0.2) is 21.6 Å². The van der Waals surface area contributed by atoms with Crippen LogP contribution in [0.5, 0.6) is 0 Å². The normalized spacial score (nSPS) is 11.1. The van der Waals surface area contributed by atoms with Crippen LogP contribution in [0.2, 0.25) is 0 Å². The smallest absolute Gasteiger partial charge is 0.173 e. The van der Waals surface area contributed by atoms with Crippen LogP contribution in [0.1, 0.15) is 12.5 Å². The predicted molar refractivity (Wildman–Crippen MR) is 119 cm³/mol. The Bertz CT molecular complexity index is 1170. The number of para-hydroxylation sites is 2. The Morgan fingerprint density at radius 3 is 2.50 bits per heavy atom. The van der Waals surface area contributed by atoms with Crippen molar-refractivity contribution >= 4 is 44.8 Å². The van der Waals surface area contributed by atoms with Crippen molar-refractivity contribution in [1.82, 2.24) is 9.47 Å². The molecule has 0 atom stereocenters. The van der Waals surface area contributed by atoms with Crippen molar-refractivity contribution in [2.24, 2.45) is 0 Å². The van der Waals surface area contributed by atoms with Gasteiger partial charge in [-0.05, 0) is 55.0 Å². The fourth-order valence-electron chi connectivity index (χ4n) is 3.66. The van der Waals surface area contributed by atoms with E-state index in [4.69, 9.17) is 12.2 Å².